The van der Waals surface area contributed by atoms with Crippen LogP contribution in [0.5, 0.6) is 17.4 Å². The fraction of sp³-hybridized carbons (Fsp3) is 0.323. The zero-order valence-corrected chi connectivity index (χ0v) is 22.6. The summed E-state index contributed by atoms with van der Waals surface area (Å²) >= 11 is 0. The SMILES string of the molecule is COc1ccccc1Oc1c(CN(CC(O)COCc2ccccc2)C(C)C)c(C)nn1-c1ccccc1. The van der Waals surface area contributed by atoms with Crippen LogP contribution in [0.4, 0.5) is 0 Å². The molecule has 7 heteroatoms. The average molecular weight is 516 g/mol. The lowest BCUT2D eigenvalue weighted by molar-refractivity contribution is 0.00300. The van der Waals surface area contributed by atoms with E-state index in [4.69, 9.17) is 19.3 Å². The summed E-state index contributed by atoms with van der Waals surface area (Å²) < 4.78 is 19.7. The van der Waals surface area contributed by atoms with Crippen molar-refractivity contribution in [2.75, 3.05) is 20.3 Å². The molecule has 7 nitrogen and oxygen atoms in total. The van der Waals surface area contributed by atoms with Gasteiger partial charge in [0.15, 0.2) is 11.5 Å². The minimum atomic E-state index is -0.635. The number of hydrogen-bond donors (Lipinski definition) is 1. The zero-order chi connectivity index (χ0) is 26.9. The fourth-order valence-electron chi connectivity index (χ4n) is 4.25. The van der Waals surface area contributed by atoms with E-state index in [0.29, 0.717) is 37.1 Å². The highest BCUT2D eigenvalue weighted by Gasteiger charge is 2.24. The van der Waals surface area contributed by atoms with Gasteiger partial charge in [0.2, 0.25) is 5.88 Å². The molecule has 1 unspecified atom stereocenters. The van der Waals surface area contributed by atoms with E-state index in [1.165, 1.54) is 0 Å². The van der Waals surface area contributed by atoms with E-state index in [2.05, 4.69) is 18.7 Å². The second-order valence-corrected chi connectivity index (χ2v) is 9.55. The minimum absolute atomic E-state index is 0.178. The normalized spacial score (nSPS) is 12.2. The summed E-state index contributed by atoms with van der Waals surface area (Å²) in [5.41, 5.74) is 3.80. The van der Waals surface area contributed by atoms with Gasteiger partial charge in [0.1, 0.15) is 0 Å². The second kappa shape index (κ2) is 13.2. The minimum Gasteiger partial charge on any atom is -0.493 e. The number of rotatable bonds is 13. The van der Waals surface area contributed by atoms with Crippen LogP contribution < -0.4 is 9.47 Å². The van der Waals surface area contributed by atoms with E-state index < -0.39 is 6.10 Å². The van der Waals surface area contributed by atoms with Gasteiger partial charge in [-0.25, -0.2) is 4.68 Å². The molecule has 0 saturated heterocycles. The summed E-state index contributed by atoms with van der Waals surface area (Å²) in [7, 11) is 1.63. The van der Waals surface area contributed by atoms with Gasteiger partial charge >= 0.3 is 0 Å². The summed E-state index contributed by atoms with van der Waals surface area (Å²) in [6.45, 7) is 7.96. The summed E-state index contributed by atoms with van der Waals surface area (Å²) in [6.07, 6.45) is -0.635. The molecular weight excluding hydrogens is 478 g/mol. The third-order valence-corrected chi connectivity index (χ3v) is 6.37. The van der Waals surface area contributed by atoms with Crippen LogP contribution in [0.15, 0.2) is 84.9 Å². The van der Waals surface area contributed by atoms with Gasteiger partial charge in [-0.3, -0.25) is 4.90 Å². The Kier molecular flexibility index (Phi) is 9.54. The molecule has 0 bridgehead atoms. The van der Waals surface area contributed by atoms with Crippen LogP contribution in [-0.4, -0.2) is 52.2 Å². The highest BCUT2D eigenvalue weighted by Crippen LogP contribution is 2.36. The van der Waals surface area contributed by atoms with Gasteiger partial charge < -0.3 is 19.3 Å². The van der Waals surface area contributed by atoms with E-state index in [-0.39, 0.29) is 12.6 Å². The molecule has 1 N–H and O–H groups in total. The Hall–Kier alpha value is -3.65. The van der Waals surface area contributed by atoms with Crippen molar-refractivity contribution in [2.24, 2.45) is 0 Å². The molecule has 38 heavy (non-hydrogen) atoms. The van der Waals surface area contributed by atoms with Gasteiger partial charge in [0.05, 0.1) is 43.4 Å². The fourth-order valence-corrected chi connectivity index (χ4v) is 4.25. The molecular formula is C31H37N3O4. The number of aliphatic hydroxyl groups excluding tert-OH is 1. The molecule has 1 heterocycles. The standard InChI is InChI=1S/C31H37N3O4/c1-23(2)33(19-27(35)22-37-21-25-13-7-5-8-14-25)20-28-24(3)32-34(26-15-9-6-10-16-26)31(28)38-30-18-12-11-17-29(30)36-4/h5-18,23,27,35H,19-22H2,1-4H3. The van der Waals surface area contributed by atoms with E-state index in [9.17, 15) is 5.11 Å². The quantitative estimate of drug-likeness (QED) is 0.244. The summed E-state index contributed by atoms with van der Waals surface area (Å²) in [5.74, 6) is 1.88. The lowest BCUT2D eigenvalue weighted by Gasteiger charge is -2.29. The van der Waals surface area contributed by atoms with Crippen molar-refractivity contribution in [1.82, 2.24) is 14.7 Å². The summed E-state index contributed by atoms with van der Waals surface area (Å²) in [5, 5.41) is 15.7. The monoisotopic (exact) mass is 515 g/mol. The van der Waals surface area contributed by atoms with Crippen LogP contribution in [0.3, 0.4) is 0 Å². The highest BCUT2D eigenvalue weighted by atomic mass is 16.5. The van der Waals surface area contributed by atoms with E-state index in [1.807, 2.05) is 96.5 Å². The van der Waals surface area contributed by atoms with E-state index >= 15 is 0 Å². The average Bonchev–Trinajstić information content (AvgIpc) is 3.24. The van der Waals surface area contributed by atoms with Crippen molar-refractivity contribution in [1.29, 1.82) is 0 Å². The first-order chi connectivity index (χ1) is 18.5. The third kappa shape index (κ3) is 7.01. The number of para-hydroxylation sites is 3. The zero-order valence-electron chi connectivity index (χ0n) is 22.6. The molecule has 0 aliphatic rings. The predicted octanol–water partition coefficient (Wildman–Crippen LogP) is 5.77. The number of methoxy groups -OCH3 is 1. The molecule has 0 radical (unpaired) electrons. The van der Waals surface area contributed by atoms with Crippen molar-refractivity contribution >= 4 is 0 Å². The molecule has 3 aromatic carbocycles. The third-order valence-electron chi connectivity index (χ3n) is 6.37. The number of aliphatic hydroxyl groups is 1. The number of benzene rings is 3. The Bertz CT molecular complexity index is 1280. The van der Waals surface area contributed by atoms with Gasteiger partial charge in [-0.05, 0) is 50.6 Å². The topological polar surface area (TPSA) is 69.0 Å². The Morgan fingerprint density at radius 1 is 0.895 bits per heavy atom. The molecule has 0 aliphatic heterocycles. The van der Waals surface area contributed by atoms with E-state index in [1.54, 1.807) is 7.11 Å². The number of nitrogens with zero attached hydrogens (tertiary/aromatic N) is 3. The van der Waals surface area contributed by atoms with E-state index in [0.717, 1.165) is 22.5 Å². The lowest BCUT2D eigenvalue weighted by Crippen LogP contribution is -2.39. The maximum atomic E-state index is 10.8. The first-order valence-electron chi connectivity index (χ1n) is 12.9. The molecule has 0 fully saturated rings. The molecule has 1 aromatic heterocycles. The van der Waals surface area contributed by atoms with Crippen molar-refractivity contribution in [3.8, 4) is 23.1 Å². The molecule has 4 aromatic rings. The second-order valence-electron chi connectivity index (χ2n) is 9.55. The number of hydrogen-bond acceptors (Lipinski definition) is 6. The van der Waals surface area contributed by atoms with Gasteiger partial charge in [0.25, 0.3) is 0 Å². The number of ether oxygens (including phenoxy) is 3. The molecule has 200 valence electrons. The Morgan fingerprint density at radius 3 is 2.18 bits per heavy atom. The van der Waals surface area contributed by atoms with Crippen molar-refractivity contribution < 1.29 is 19.3 Å². The first kappa shape index (κ1) is 27.4. The summed E-state index contributed by atoms with van der Waals surface area (Å²) in [4.78, 5) is 2.21. The van der Waals surface area contributed by atoms with Crippen molar-refractivity contribution in [3.05, 3.63) is 102 Å². The van der Waals surface area contributed by atoms with Gasteiger partial charge in [-0.15, -0.1) is 0 Å². The van der Waals surface area contributed by atoms with Crippen LogP contribution in [0.2, 0.25) is 0 Å². The largest absolute Gasteiger partial charge is 0.493 e. The van der Waals surface area contributed by atoms with Gasteiger partial charge in [0, 0.05) is 19.1 Å². The maximum Gasteiger partial charge on any atom is 0.227 e. The van der Waals surface area contributed by atoms with Crippen molar-refractivity contribution in [3.63, 3.8) is 0 Å². The Balaban J connectivity index is 1.56. The highest BCUT2D eigenvalue weighted by molar-refractivity contribution is 5.47. The smallest absolute Gasteiger partial charge is 0.227 e. The first-order valence-corrected chi connectivity index (χ1v) is 12.9. The van der Waals surface area contributed by atoms with Crippen LogP contribution in [0.1, 0.15) is 30.7 Å². The molecule has 4 rings (SSSR count). The Morgan fingerprint density at radius 2 is 1.53 bits per heavy atom. The molecule has 0 spiro atoms. The molecule has 1 atom stereocenters. The molecule has 0 aliphatic carbocycles. The lowest BCUT2D eigenvalue weighted by atomic mass is 10.2. The molecule has 0 saturated carbocycles. The maximum absolute atomic E-state index is 10.8. The van der Waals surface area contributed by atoms with Crippen LogP contribution in [-0.2, 0) is 17.9 Å². The number of aryl methyl sites for hydroxylation is 1. The predicted molar refractivity (Wildman–Crippen MR) is 149 cm³/mol. The summed E-state index contributed by atoms with van der Waals surface area (Å²) in [6, 6.07) is 27.7. The van der Waals surface area contributed by atoms with Gasteiger partial charge in [-0.1, -0.05) is 60.7 Å². The number of aromatic nitrogens is 2. The van der Waals surface area contributed by atoms with Crippen LogP contribution in [0.25, 0.3) is 5.69 Å². The van der Waals surface area contributed by atoms with Gasteiger partial charge in [-0.2, -0.15) is 5.10 Å². The van der Waals surface area contributed by atoms with Crippen molar-refractivity contribution in [2.45, 2.75) is 46.1 Å². The van der Waals surface area contributed by atoms with Crippen LogP contribution in [0, 0.1) is 6.92 Å². The van der Waals surface area contributed by atoms with Crippen LogP contribution >= 0.6 is 0 Å². The molecule has 0 amide bonds. The Labute approximate surface area is 225 Å².